The van der Waals surface area contributed by atoms with Crippen LogP contribution in [0.25, 0.3) is 0 Å². The molecule has 1 unspecified atom stereocenters. The lowest BCUT2D eigenvalue weighted by Crippen LogP contribution is -2.51. The first-order valence-electron chi connectivity index (χ1n) is 6.62. The molecule has 20 heavy (non-hydrogen) atoms. The maximum absolute atomic E-state index is 11.8. The lowest BCUT2D eigenvalue weighted by Gasteiger charge is -2.30. The Morgan fingerprint density at radius 2 is 2.10 bits per heavy atom. The summed E-state index contributed by atoms with van der Waals surface area (Å²) in [6.07, 6.45) is 1.34. The van der Waals surface area contributed by atoms with Crippen LogP contribution in [0, 0.1) is 13.8 Å². The zero-order valence-electron chi connectivity index (χ0n) is 11.7. The number of benzene rings is 1. The molecule has 0 saturated carbocycles. The Balaban J connectivity index is 2.16. The molecule has 0 radical (unpaired) electrons. The maximum atomic E-state index is 11.8. The molecular formula is C15H18N2O3. The summed E-state index contributed by atoms with van der Waals surface area (Å²) in [5.74, 6) is -0.664. The molecule has 1 N–H and O–H groups in total. The molecule has 1 saturated heterocycles. The Morgan fingerprint density at radius 3 is 2.75 bits per heavy atom. The van der Waals surface area contributed by atoms with Crippen molar-refractivity contribution < 1.29 is 14.4 Å². The van der Waals surface area contributed by atoms with Gasteiger partial charge in [-0.2, -0.15) is 0 Å². The van der Waals surface area contributed by atoms with Crippen molar-refractivity contribution in [2.24, 2.45) is 0 Å². The van der Waals surface area contributed by atoms with E-state index >= 15 is 0 Å². The standard InChI is InChI=1S/C15H18N2O3/c1-10-3-4-11(2)12(7-10)8-17(9-18)13-5-6-14(19)16-15(13)20/h3-4,7,9,13H,5-6,8H2,1-2H3,(H,16,19,20). The second-order valence-electron chi connectivity index (χ2n) is 5.17. The van der Waals surface area contributed by atoms with Crippen LogP contribution in [-0.4, -0.2) is 29.2 Å². The fraction of sp³-hybridized carbons (Fsp3) is 0.400. The van der Waals surface area contributed by atoms with Gasteiger partial charge in [-0.25, -0.2) is 0 Å². The van der Waals surface area contributed by atoms with E-state index < -0.39 is 11.9 Å². The highest BCUT2D eigenvalue weighted by Crippen LogP contribution is 2.17. The second-order valence-corrected chi connectivity index (χ2v) is 5.17. The number of nitrogens with one attached hydrogen (secondary N) is 1. The van der Waals surface area contributed by atoms with Crippen molar-refractivity contribution in [3.8, 4) is 0 Å². The number of rotatable bonds is 4. The minimum absolute atomic E-state index is 0.271. The van der Waals surface area contributed by atoms with Gasteiger partial charge in [-0.05, 0) is 31.4 Å². The Labute approximate surface area is 118 Å². The van der Waals surface area contributed by atoms with Gasteiger partial charge in [-0.3, -0.25) is 19.7 Å². The lowest BCUT2D eigenvalue weighted by atomic mass is 10.0. The van der Waals surface area contributed by atoms with Gasteiger partial charge in [-0.1, -0.05) is 23.8 Å². The first-order chi connectivity index (χ1) is 9.51. The smallest absolute Gasteiger partial charge is 0.249 e. The SMILES string of the molecule is Cc1ccc(C)c(CN(C=O)C2CCC(=O)NC2=O)c1. The number of amides is 3. The van der Waals surface area contributed by atoms with Crippen molar-refractivity contribution in [3.63, 3.8) is 0 Å². The lowest BCUT2D eigenvalue weighted by molar-refractivity contribution is -0.141. The first kappa shape index (κ1) is 14.2. The summed E-state index contributed by atoms with van der Waals surface area (Å²) in [6.45, 7) is 4.34. The van der Waals surface area contributed by atoms with Crippen LogP contribution >= 0.6 is 0 Å². The molecule has 1 heterocycles. The van der Waals surface area contributed by atoms with Gasteiger partial charge in [0, 0.05) is 13.0 Å². The van der Waals surface area contributed by atoms with Crippen molar-refractivity contribution >= 4 is 18.2 Å². The number of aryl methyl sites for hydroxylation is 2. The van der Waals surface area contributed by atoms with E-state index in [1.165, 1.54) is 4.90 Å². The molecule has 1 aliphatic rings. The molecule has 1 atom stereocenters. The van der Waals surface area contributed by atoms with Gasteiger partial charge in [0.15, 0.2) is 0 Å². The summed E-state index contributed by atoms with van der Waals surface area (Å²) in [5, 5.41) is 2.28. The molecule has 2 rings (SSSR count). The number of hydrogen-bond donors (Lipinski definition) is 1. The Morgan fingerprint density at radius 1 is 1.35 bits per heavy atom. The average Bonchev–Trinajstić information content (AvgIpc) is 2.40. The topological polar surface area (TPSA) is 66.5 Å². The van der Waals surface area contributed by atoms with E-state index in [1.54, 1.807) is 0 Å². The zero-order chi connectivity index (χ0) is 14.7. The van der Waals surface area contributed by atoms with E-state index in [2.05, 4.69) is 5.32 Å². The third-order valence-corrected chi connectivity index (χ3v) is 3.60. The van der Waals surface area contributed by atoms with Crippen molar-refractivity contribution in [1.29, 1.82) is 0 Å². The maximum Gasteiger partial charge on any atom is 0.249 e. The Bertz CT molecular complexity index is 554. The summed E-state index contributed by atoms with van der Waals surface area (Å²) in [4.78, 5) is 35.7. The quantitative estimate of drug-likeness (QED) is 0.659. The number of hydrogen-bond acceptors (Lipinski definition) is 3. The molecule has 1 fully saturated rings. The summed E-state index contributed by atoms with van der Waals surface area (Å²) in [7, 11) is 0. The molecule has 0 aromatic heterocycles. The molecule has 1 aromatic rings. The molecule has 3 amide bonds. The largest absolute Gasteiger partial charge is 0.329 e. The van der Waals surface area contributed by atoms with Crippen LogP contribution in [-0.2, 0) is 20.9 Å². The van der Waals surface area contributed by atoms with Crippen molar-refractivity contribution in [1.82, 2.24) is 10.2 Å². The van der Waals surface area contributed by atoms with Crippen molar-refractivity contribution in [2.75, 3.05) is 0 Å². The molecule has 5 heteroatoms. The predicted molar refractivity (Wildman–Crippen MR) is 73.7 cm³/mol. The summed E-state index contributed by atoms with van der Waals surface area (Å²) < 4.78 is 0. The normalized spacial score (nSPS) is 18.6. The fourth-order valence-corrected chi connectivity index (χ4v) is 2.39. The van der Waals surface area contributed by atoms with Gasteiger partial charge in [0.1, 0.15) is 6.04 Å². The monoisotopic (exact) mass is 274 g/mol. The van der Waals surface area contributed by atoms with Crippen LogP contribution in [0.15, 0.2) is 18.2 Å². The summed E-state index contributed by atoms with van der Waals surface area (Å²) >= 11 is 0. The molecular weight excluding hydrogens is 256 g/mol. The van der Waals surface area contributed by atoms with E-state index in [0.29, 0.717) is 19.4 Å². The number of imide groups is 1. The third-order valence-electron chi connectivity index (χ3n) is 3.60. The number of carbonyl (C=O) groups is 3. The second kappa shape index (κ2) is 5.86. The van der Waals surface area contributed by atoms with Crippen LogP contribution in [0.3, 0.4) is 0 Å². The average molecular weight is 274 g/mol. The van der Waals surface area contributed by atoms with E-state index in [4.69, 9.17) is 0 Å². The zero-order valence-corrected chi connectivity index (χ0v) is 11.7. The van der Waals surface area contributed by atoms with Gasteiger partial charge in [-0.15, -0.1) is 0 Å². The highest BCUT2D eigenvalue weighted by molar-refractivity contribution is 6.00. The molecule has 106 valence electrons. The van der Waals surface area contributed by atoms with Crippen LogP contribution in [0.5, 0.6) is 0 Å². The van der Waals surface area contributed by atoms with Gasteiger partial charge >= 0.3 is 0 Å². The molecule has 1 aromatic carbocycles. The first-order valence-corrected chi connectivity index (χ1v) is 6.62. The van der Waals surface area contributed by atoms with Crippen LogP contribution in [0.1, 0.15) is 29.5 Å². The minimum atomic E-state index is -0.565. The molecule has 5 nitrogen and oxygen atoms in total. The van der Waals surface area contributed by atoms with Gasteiger partial charge in [0.2, 0.25) is 18.2 Å². The highest BCUT2D eigenvalue weighted by atomic mass is 16.2. The number of carbonyl (C=O) groups excluding carboxylic acids is 3. The molecule has 0 aliphatic carbocycles. The van der Waals surface area contributed by atoms with Crippen LogP contribution < -0.4 is 5.32 Å². The number of piperidine rings is 1. The Kier molecular flexibility index (Phi) is 4.17. The van der Waals surface area contributed by atoms with E-state index in [9.17, 15) is 14.4 Å². The van der Waals surface area contributed by atoms with E-state index in [1.807, 2.05) is 32.0 Å². The van der Waals surface area contributed by atoms with Crippen LogP contribution in [0.2, 0.25) is 0 Å². The summed E-state index contributed by atoms with van der Waals surface area (Å²) in [5.41, 5.74) is 3.20. The van der Waals surface area contributed by atoms with E-state index in [-0.39, 0.29) is 12.3 Å². The van der Waals surface area contributed by atoms with Gasteiger partial charge < -0.3 is 4.90 Å². The number of nitrogens with zero attached hydrogens (tertiary/aromatic N) is 1. The minimum Gasteiger partial charge on any atom is -0.329 e. The Hall–Kier alpha value is -2.17. The highest BCUT2D eigenvalue weighted by Gasteiger charge is 2.31. The fourth-order valence-electron chi connectivity index (χ4n) is 2.39. The van der Waals surface area contributed by atoms with Crippen molar-refractivity contribution in [3.05, 3.63) is 34.9 Å². The van der Waals surface area contributed by atoms with Gasteiger partial charge in [0.05, 0.1) is 0 Å². The molecule has 0 spiro atoms. The third kappa shape index (κ3) is 3.04. The van der Waals surface area contributed by atoms with Crippen LogP contribution in [0.4, 0.5) is 0 Å². The summed E-state index contributed by atoms with van der Waals surface area (Å²) in [6, 6.07) is 5.46. The molecule has 1 aliphatic heterocycles. The predicted octanol–water partition coefficient (Wildman–Crippen LogP) is 1.07. The van der Waals surface area contributed by atoms with Crippen molar-refractivity contribution in [2.45, 2.75) is 39.3 Å². The van der Waals surface area contributed by atoms with Gasteiger partial charge in [0.25, 0.3) is 0 Å². The molecule has 0 bridgehead atoms. The van der Waals surface area contributed by atoms with E-state index in [0.717, 1.165) is 16.7 Å².